The van der Waals surface area contributed by atoms with Gasteiger partial charge in [-0.2, -0.15) is 0 Å². The van der Waals surface area contributed by atoms with Gasteiger partial charge in [0.1, 0.15) is 0 Å². The number of aryl methyl sites for hydroxylation is 1. The lowest BCUT2D eigenvalue weighted by Gasteiger charge is -2.15. The molecule has 2 rings (SSSR count). The molecule has 0 saturated carbocycles. The van der Waals surface area contributed by atoms with Crippen LogP contribution in [0.4, 0.5) is 11.4 Å². The average molecular weight is 268 g/mol. The number of nitrogens with two attached hydrogens (primary N) is 1. The van der Waals surface area contributed by atoms with Crippen molar-refractivity contribution in [2.75, 3.05) is 24.7 Å². The monoisotopic (exact) mass is 268 g/mol. The zero-order valence-electron chi connectivity index (χ0n) is 12.2. The van der Waals surface area contributed by atoms with Gasteiger partial charge in [0.15, 0.2) is 5.78 Å². The number of nitrogens with zero attached hydrogens (tertiary/aromatic N) is 1. The van der Waals surface area contributed by atoms with Crippen molar-refractivity contribution in [1.82, 2.24) is 0 Å². The summed E-state index contributed by atoms with van der Waals surface area (Å²) in [5, 5.41) is 0. The first-order chi connectivity index (χ1) is 9.52. The largest absolute Gasteiger partial charge is 0.397 e. The molecule has 0 spiro atoms. The molecule has 0 fully saturated rings. The molecule has 0 saturated heterocycles. The lowest BCUT2D eigenvalue weighted by atomic mass is 10.0. The molecule has 0 atom stereocenters. The van der Waals surface area contributed by atoms with Crippen LogP contribution in [0.5, 0.6) is 0 Å². The third kappa shape index (κ3) is 2.82. The quantitative estimate of drug-likeness (QED) is 0.684. The van der Waals surface area contributed by atoms with E-state index in [0.717, 1.165) is 12.1 Å². The number of anilines is 2. The van der Waals surface area contributed by atoms with Crippen LogP contribution in [0, 0.1) is 0 Å². The molecule has 0 heterocycles. The zero-order valence-corrected chi connectivity index (χ0v) is 12.2. The van der Waals surface area contributed by atoms with Crippen LogP contribution in [0.1, 0.15) is 28.4 Å². The Bertz CT molecular complexity index is 615. The fourth-order valence-corrected chi connectivity index (χ4v) is 2.16. The van der Waals surface area contributed by atoms with Crippen molar-refractivity contribution in [2.24, 2.45) is 0 Å². The van der Waals surface area contributed by atoms with Crippen molar-refractivity contribution in [3.8, 4) is 0 Å². The summed E-state index contributed by atoms with van der Waals surface area (Å²) in [6, 6.07) is 13.2. The maximum Gasteiger partial charge on any atom is 0.193 e. The van der Waals surface area contributed by atoms with Crippen molar-refractivity contribution in [2.45, 2.75) is 13.3 Å². The van der Waals surface area contributed by atoms with Crippen molar-refractivity contribution in [3.63, 3.8) is 0 Å². The van der Waals surface area contributed by atoms with Crippen LogP contribution in [-0.2, 0) is 6.42 Å². The van der Waals surface area contributed by atoms with E-state index in [2.05, 4.69) is 6.92 Å². The Hall–Kier alpha value is -2.29. The number of hydrogen-bond donors (Lipinski definition) is 1. The van der Waals surface area contributed by atoms with Crippen molar-refractivity contribution in [3.05, 3.63) is 59.2 Å². The standard InChI is InChI=1S/C17H20N2O/c1-4-12-5-7-13(8-6-12)17(20)14-9-10-16(19(2)3)15(18)11-14/h5-11H,4,18H2,1-3H3. The van der Waals surface area contributed by atoms with E-state index >= 15 is 0 Å². The fourth-order valence-electron chi connectivity index (χ4n) is 2.16. The number of rotatable bonds is 4. The highest BCUT2D eigenvalue weighted by Crippen LogP contribution is 2.23. The lowest BCUT2D eigenvalue weighted by molar-refractivity contribution is 0.103. The van der Waals surface area contributed by atoms with Gasteiger partial charge in [0.2, 0.25) is 0 Å². The first kappa shape index (κ1) is 14.1. The molecule has 3 nitrogen and oxygen atoms in total. The minimum Gasteiger partial charge on any atom is -0.397 e. The molecule has 0 unspecified atom stereocenters. The predicted octanol–water partition coefficient (Wildman–Crippen LogP) is 3.13. The summed E-state index contributed by atoms with van der Waals surface area (Å²) in [6.45, 7) is 2.09. The summed E-state index contributed by atoms with van der Waals surface area (Å²) in [5.41, 5.74) is 10.1. The van der Waals surface area contributed by atoms with Crippen LogP contribution in [0.3, 0.4) is 0 Å². The number of carbonyl (C=O) groups excluding carboxylic acids is 1. The summed E-state index contributed by atoms with van der Waals surface area (Å²) >= 11 is 0. The Morgan fingerprint density at radius 2 is 1.65 bits per heavy atom. The van der Waals surface area contributed by atoms with E-state index in [4.69, 9.17) is 5.73 Å². The second-order valence-electron chi connectivity index (χ2n) is 5.05. The minimum atomic E-state index is 0.00431. The number of ketones is 1. The van der Waals surface area contributed by atoms with Gasteiger partial charge in [0.05, 0.1) is 11.4 Å². The average Bonchev–Trinajstić information content (AvgIpc) is 2.46. The van der Waals surface area contributed by atoms with E-state index in [1.165, 1.54) is 5.56 Å². The van der Waals surface area contributed by atoms with Gasteiger partial charge >= 0.3 is 0 Å². The second kappa shape index (κ2) is 5.78. The summed E-state index contributed by atoms with van der Waals surface area (Å²) < 4.78 is 0. The number of nitrogen functional groups attached to an aromatic ring is 1. The van der Waals surface area contributed by atoms with Crippen molar-refractivity contribution >= 4 is 17.2 Å². The molecule has 0 radical (unpaired) electrons. The highest BCUT2D eigenvalue weighted by molar-refractivity contribution is 6.09. The van der Waals surface area contributed by atoms with Crippen LogP contribution < -0.4 is 10.6 Å². The first-order valence-corrected chi connectivity index (χ1v) is 6.73. The molecule has 2 aromatic carbocycles. The van der Waals surface area contributed by atoms with E-state index in [1.54, 1.807) is 6.07 Å². The molecule has 0 amide bonds. The molecule has 20 heavy (non-hydrogen) atoms. The second-order valence-corrected chi connectivity index (χ2v) is 5.05. The molecule has 0 bridgehead atoms. The van der Waals surface area contributed by atoms with Gasteiger partial charge in [-0.3, -0.25) is 4.79 Å². The van der Waals surface area contributed by atoms with E-state index in [-0.39, 0.29) is 5.78 Å². The maximum absolute atomic E-state index is 12.4. The Morgan fingerprint density at radius 1 is 1.05 bits per heavy atom. The lowest BCUT2D eigenvalue weighted by Crippen LogP contribution is -2.12. The number of carbonyl (C=O) groups is 1. The van der Waals surface area contributed by atoms with E-state index in [0.29, 0.717) is 16.8 Å². The molecule has 3 heteroatoms. The molecule has 0 aromatic heterocycles. The Kier molecular flexibility index (Phi) is 4.08. The summed E-state index contributed by atoms with van der Waals surface area (Å²) in [7, 11) is 3.85. The number of hydrogen-bond acceptors (Lipinski definition) is 3. The highest BCUT2D eigenvalue weighted by atomic mass is 16.1. The first-order valence-electron chi connectivity index (χ1n) is 6.73. The van der Waals surface area contributed by atoms with Crippen LogP contribution in [0.25, 0.3) is 0 Å². The molecule has 0 aliphatic heterocycles. The van der Waals surface area contributed by atoms with E-state index in [1.807, 2.05) is 55.4 Å². The van der Waals surface area contributed by atoms with Gasteiger partial charge < -0.3 is 10.6 Å². The van der Waals surface area contributed by atoms with Gasteiger partial charge in [-0.15, -0.1) is 0 Å². The van der Waals surface area contributed by atoms with Crippen LogP contribution >= 0.6 is 0 Å². The van der Waals surface area contributed by atoms with Crippen molar-refractivity contribution < 1.29 is 4.79 Å². The summed E-state index contributed by atoms with van der Waals surface area (Å²) in [4.78, 5) is 14.3. The predicted molar refractivity (Wildman–Crippen MR) is 84.4 cm³/mol. The fraction of sp³-hybridized carbons (Fsp3) is 0.235. The SMILES string of the molecule is CCc1ccc(C(=O)c2ccc(N(C)C)c(N)c2)cc1. The molecule has 2 N–H and O–H groups in total. The van der Waals surface area contributed by atoms with Gasteiger partial charge in [-0.1, -0.05) is 31.2 Å². The van der Waals surface area contributed by atoms with Crippen LogP contribution in [0.2, 0.25) is 0 Å². The summed E-state index contributed by atoms with van der Waals surface area (Å²) in [5.74, 6) is 0.00431. The van der Waals surface area contributed by atoms with Crippen LogP contribution in [-0.4, -0.2) is 19.9 Å². The number of benzene rings is 2. The van der Waals surface area contributed by atoms with Crippen molar-refractivity contribution in [1.29, 1.82) is 0 Å². The van der Waals surface area contributed by atoms with Gasteiger partial charge in [-0.05, 0) is 30.2 Å². The molecular formula is C17H20N2O. The Labute approximate surface area is 120 Å². The topological polar surface area (TPSA) is 46.3 Å². The smallest absolute Gasteiger partial charge is 0.193 e. The van der Waals surface area contributed by atoms with E-state index in [9.17, 15) is 4.79 Å². The molecule has 0 aliphatic rings. The third-order valence-electron chi connectivity index (χ3n) is 3.40. The molecule has 2 aromatic rings. The summed E-state index contributed by atoms with van der Waals surface area (Å²) in [6.07, 6.45) is 0.971. The maximum atomic E-state index is 12.4. The Morgan fingerprint density at radius 3 is 2.15 bits per heavy atom. The molecular weight excluding hydrogens is 248 g/mol. The normalized spacial score (nSPS) is 10.3. The van der Waals surface area contributed by atoms with Gasteiger partial charge in [-0.25, -0.2) is 0 Å². The van der Waals surface area contributed by atoms with Crippen LogP contribution in [0.15, 0.2) is 42.5 Å². The Balaban J connectivity index is 2.30. The van der Waals surface area contributed by atoms with E-state index < -0.39 is 0 Å². The zero-order chi connectivity index (χ0) is 14.7. The van der Waals surface area contributed by atoms with Gasteiger partial charge in [0.25, 0.3) is 0 Å². The highest BCUT2D eigenvalue weighted by Gasteiger charge is 2.11. The molecule has 0 aliphatic carbocycles. The van der Waals surface area contributed by atoms with Gasteiger partial charge in [0, 0.05) is 25.2 Å². The molecule has 104 valence electrons. The minimum absolute atomic E-state index is 0.00431. The third-order valence-corrected chi connectivity index (χ3v) is 3.40.